The van der Waals surface area contributed by atoms with Crippen LogP contribution in [-0.4, -0.2) is 40.6 Å². The second kappa shape index (κ2) is 7.83. The number of aromatic carboxylic acids is 1. The monoisotopic (exact) mass is 294 g/mol. The lowest BCUT2D eigenvalue weighted by Crippen LogP contribution is -2.43. The number of carboxylic acids is 1. The van der Waals surface area contributed by atoms with Gasteiger partial charge in [-0.15, -0.1) is 0 Å². The average Bonchev–Trinajstić information content (AvgIpc) is 2.42. The van der Waals surface area contributed by atoms with Crippen molar-refractivity contribution in [2.75, 3.05) is 6.54 Å². The largest absolute Gasteiger partial charge is 0.477 e. The summed E-state index contributed by atoms with van der Waals surface area (Å²) in [5.41, 5.74) is 0.593. The van der Waals surface area contributed by atoms with Crippen LogP contribution in [-0.2, 0) is 11.3 Å². The van der Waals surface area contributed by atoms with E-state index in [4.69, 9.17) is 5.11 Å². The molecule has 0 aliphatic carbocycles. The van der Waals surface area contributed by atoms with Gasteiger partial charge in [0.15, 0.2) is 0 Å². The van der Waals surface area contributed by atoms with Crippen LogP contribution in [0.25, 0.3) is 0 Å². The third-order valence-electron chi connectivity index (χ3n) is 2.36. The van der Waals surface area contributed by atoms with Crippen molar-refractivity contribution >= 4 is 17.9 Å². The maximum atomic E-state index is 11.5. The zero-order chi connectivity index (χ0) is 15.8. The van der Waals surface area contributed by atoms with Gasteiger partial charge in [0.05, 0.1) is 6.54 Å². The maximum Gasteiger partial charge on any atom is 0.354 e. The summed E-state index contributed by atoms with van der Waals surface area (Å²) in [4.78, 5) is 37.1. The van der Waals surface area contributed by atoms with Crippen LogP contribution in [0.3, 0.4) is 0 Å². The summed E-state index contributed by atoms with van der Waals surface area (Å²) in [6, 6.07) is 2.44. The van der Waals surface area contributed by atoms with E-state index < -0.39 is 12.0 Å². The summed E-state index contributed by atoms with van der Waals surface area (Å²) in [5, 5.41) is 16.3. The Morgan fingerprint density at radius 1 is 1.24 bits per heavy atom. The van der Waals surface area contributed by atoms with Gasteiger partial charge in [0.1, 0.15) is 5.69 Å². The number of hydrogen-bond acceptors (Lipinski definition) is 4. The summed E-state index contributed by atoms with van der Waals surface area (Å²) >= 11 is 0. The summed E-state index contributed by atoms with van der Waals surface area (Å²) in [6.45, 7) is 3.72. The molecule has 3 amide bonds. The Morgan fingerprint density at radius 2 is 1.95 bits per heavy atom. The first-order valence-electron chi connectivity index (χ1n) is 6.37. The summed E-state index contributed by atoms with van der Waals surface area (Å²) < 4.78 is 0. The lowest BCUT2D eigenvalue weighted by Gasteiger charge is -2.10. The van der Waals surface area contributed by atoms with Gasteiger partial charge in [-0.25, -0.2) is 14.6 Å². The van der Waals surface area contributed by atoms with E-state index in [0.29, 0.717) is 5.56 Å². The number of amides is 3. The minimum Gasteiger partial charge on any atom is -0.477 e. The molecule has 0 aliphatic heterocycles. The Bertz CT molecular complexity index is 513. The van der Waals surface area contributed by atoms with Gasteiger partial charge in [-0.05, 0) is 25.5 Å². The number of nitrogens with zero attached hydrogens (tertiary/aromatic N) is 1. The number of carbonyl (C=O) groups is 3. The van der Waals surface area contributed by atoms with E-state index in [-0.39, 0.29) is 30.7 Å². The van der Waals surface area contributed by atoms with Crippen molar-refractivity contribution in [1.82, 2.24) is 20.9 Å². The number of aromatic nitrogens is 1. The second-order valence-electron chi connectivity index (χ2n) is 4.62. The molecule has 0 aliphatic rings. The molecule has 1 heterocycles. The van der Waals surface area contributed by atoms with E-state index in [0.717, 1.165) is 0 Å². The van der Waals surface area contributed by atoms with Crippen molar-refractivity contribution in [3.63, 3.8) is 0 Å². The smallest absolute Gasteiger partial charge is 0.354 e. The standard InChI is InChI=1S/C13H18N4O4/c1-8(2)17-11(18)7-16-13(21)15-6-9-3-4-10(12(19)20)14-5-9/h3-5,8H,6-7H2,1-2H3,(H,17,18)(H,19,20)(H2,15,16,21). The molecule has 4 N–H and O–H groups in total. The van der Waals surface area contributed by atoms with Gasteiger partial charge in [0.25, 0.3) is 0 Å². The van der Waals surface area contributed by atoms with Crippen molar-refractivity contribution in [2.24, 2.45) is 0 Å². The number of pyridine rings is 1. The van der Waals surface area contributed by atoms with Crippen molar-refractivity contribution < 1.29 is 19.5 Å². The first kappa shape index (κ1) is 16.4. The molecule has 0 atom stereocenters. The highest BCUT2D eigenvalue weighted by Gasteiger charge is 2.07. The Kier molecular flexibility index (Phi) is 6.12. The molecule has 0 aromatic carbocycles. The Labute approximate surface area is 121 Å². The Balaban J connectivity index is 2.32. The predicted molar refractivity (Wildman–Crippen MR) is 74.7 cm³/mol. The average molecular weight is 294 g/mol. The van der Waals surface area contributed by atoms with Crippen molar-refractivity contribution in [3.05, 3.63) is 29.6 Å². The van der Waals surface area contributed by atoms with Crippen LogP contribution in [0, 0.1) is 0 Å². The highest BCUT2D eigenvalue weighted by molar-refractivity contribution is 5.85. The molecular formula is C13H18N4O4. The molecule has 1 aromatic rings. The highest BCUT2D eigenvalue weighted by atomic mass is 16.4. The van der Waals surface area contributed by atoms with Crippen LogP contribution < -0.4 is 16.0 Å². The molecule has 8 heteroatoms. The third-order valence-corrected chi connectivity index (χ3v) is 2.36. The molecule has 1 rings (SSSR count). The molecule has 1 aromatic heterocycles. The molecule has 8 nitrogen and oxygen atoms in total. The third kappa shape index (κ3) is 6.37. The van der Waals surface area contributed by atoms with Crippen LogP contribution in [0.15, 0.2) is 18.3 Å². The van der Waals surface area contributed by atoms with Gasteiger partial charge < -0.3 is 21.1 Å². The number of carboxylic acid groups (broad SMARTS) is 1. The minimum atomic E-state index is -1.11. The Morgan fingerprint density at radius 3 is 2.48 bits per heavy atom. The molecule has 0 bridgehead atoms. The molecule has 0 spiro atoms. The van der Waals surface area contributed by atoms with Crippen molar-refractivity contribution in [3.8, 4) is 0 Å². The fourth-order valence-electron chi connectivity index (χ4n) is 1.43. The fourth-order valence-corrected chi connectivity index (χ4v) is 1.43. The summed E-state index contributed by atoms with van der Waals surface area (Å²) in [7, 11) is 0. The molecule has 21 heavy (non-hydrogen) atoms. The number of urea groups is 1. The van der Waals surface area contributed by atoms with E-state index in [9.17, 15) is 14.4 Å². The number of hydrogen-bond donors (Lipinski definition) is 4. The van der Waals surface area contributed by atoms with E-state index in [2.05, 4.69) is 20.9 Å². The van der Waals surface area contributed by atoms with E-state index in [1.165, 1.54) is 12.3 Å². The molecule has 0 saturated carbocycles. The van der Waals surface area contributed by atoms with Crippen LogP contribution in [0.5, 0.6) is 0 Å². The van der Waals surface area contributed by atoms with E-state index in [1.807, 2.05) is 13.8 Å². The minimum absolute atomic E-state index is 0.0150. The van der Waals surface area contributed by atoms with Gasteiger partial charge >= 0.3 is 12.0 Å². The zero-order valence-corrected chi connectivity index (χ0v) is 11.8. The topological polar surface area (TPSA) is 120 Å². The van der Waals surface area contributed by atoms with Crippen LogP contribution in [0.4, 0.5) is 4.79 Å². The lowest BCUT2D eigenvalue weighted by atomic mass is 10.2. The second-order valence-corrected chi connectivity index (χ2v) is 4.62. The highest BCUT2D eigenvalue weighted by Crippen LogP contribution is 1.99. The maximum absolute atomic E-state index is 11.5. The molecule has 114 valence electrons. The van der Waals surface area contributed by atoms with Gasteiger partial charge in [0, 0.05) is 18.8 Å². The fraction of sp³-hybridized carbons (Fsp3) is 0.385. The predicted octanol–water partition coefficient (Wildman–Crippen LogP) is 0.104. The van der Waals surface area contributed by atoms with Crippen molar-refractivity contribution in [2.45, 2.75) is 26.4 Å². The van der Waals surface area contributed by atoms with E-state index in [1.54, 1.807) is 6.07 Å². The van der Waals surface area contributed by atoms with Gasteiger partial charge in [0.2, 0.25) is 5.91 Å². The number of rotatable bonds is 6. The Hall–Kier alpha value is -2.64. The van der Waals surface area contributed by atoms with Crippen LogP contribution >= 0.6 is 0 Å². The number of carbonyl (C=O) groups excluding carboxylic acids is 2. The van der Waals surface area contributed by atoms with Gasteiger partial charge in [-0.3, -0.25) is 4.79 Å². The summed E-state index contributed by atoms with van der Waals surface area (Å²) in [6.07, 6.45) is 1.37. The normalized spacial score (nSPS) is 10.0. The molecule has 0 saturated heterocycles. The zero-order valence-electron chi connectivity index (χ0n) is 11.8. The first-order chi connectivity index (χ1) is 9.88. The first-order valence-corrected chi connectivity index (χ1v) is 6.37. The van der Waals surface area contributed by atoms with Crippen molar-refractivity contribution in [1.29, 1.82) is 0 Å². The SMILES string of the molecule is CC(C)NC(=O)CNC(=O)NCc1ccc(C(=O)O)nc1. The molecule has 0 unspecified atom stereocenters. The summed E-state index contributed by atoms with van der Waals surface area (Å²) in [5.74, 6) is -1.38. The van der Waals surface area contributed by atoms with Gasteiger partial charge in [-0.2, -0.15) is 0 Å². The van der Waals surface area contributed by atoms with E-state index >= 15 is 0 Å². The molecular weight excluding hydrogens is 276 g/mol. The van der Waals surface area contributed by atoms with Crippen LogP contribution in [0.2, 0.25) is 0 Å². The molecule has 0 radical (unpaired) electrons. The lowest BCUT2D eigenvalue weighted by molar-refractivity contribution is -0.120. The molecule has 0 fully saturated rings. The number of nitrogens with one attached hydrogen (secondary N) is 3. The van der Waals surface area contributed by atoms with Crippen LogP contribution in [0.1, 0.15) is 29.9 Å². The van der Waals surface area contributed by atoms with Gasteiger partial charge in [-0.1, -0.05) is 6.07 Å². The quantitative estimate of drug-likeness (QED) is 0.593.